The van der Waals surface area contributed by atoms with Crippen molar-refractivity contribution in [2.24, 2.45) is 0 Å². The zero-order chi connectivity index (χ0) is 16.3. The number of aliphatic hydroxyl groups excluding tert-OH is 2. The van der Waals surface area contributed by atoms with Gasteiger partial charge < -0.3 is 24.6 Å². The van der Waals surface area contributed by atoms with Gasteiger partial charge in [-0.3, -0.25) is 0 Å². The molecule has 0 saturated carbocycles. The Morgan fingerprint density at radius 3 is 2.57 bits per heavy atom. The summed E-state index contributed by atoms with van der Waals surface area (Å²) in [4.78, 5) is 25.1. The Hall–Kier alpha value is -2.38. The Morgan fingerprint density at radius 2 is 1.87 bits per heavy atom. The number of carbonyl (C=O) groups is 1. The van der Waals surface area contributed by atoms with Crippen molar-refractivity contribution >= 4 is 22.6 Å². The molecule has 23 heavy (non-hydrogen) atoms. The number of nitrogens with zero attached hydrogens (tertiary/aromatic N) is 1. The highest BCUT2D eigenvalue weighted by molar-refractivity contribution is 5.95. The fourth-order valence-electron chi connectivity index (χ4n) is 3.56. The molecule has 7 heteroatoms. The van der Waals surface area contributed by atoms with Crippen LogP contribution in [0.5, 0.6) is 0 Å². The van der Waals surface area contributed by atoms with Crippen molar-refractivity contribution < 1.29 is 24.5 Å². The first kappa shape index (κ1) is 14.2. The number of carboxylic acids is 1. The maximum atomic E-state index is 11.9. The van der Waals surface area contributed by atoms with Crippen LogP contribution in [-0.2, 0) is 0 Å². The second-order valence-corrected chi connectivity index (χ2v) is 6.00. The lowest BCUT2D eigenvalue weighted by atomic mass is 9.87. The molecule has 2 aliphatic rings. The first-order chi connectivity index (χ1) is 11.0. The number of benzene rings is 1. The summed E-state index contributed by atoms with van der Waals surface area (Å²) < 4.78 is 5.23. The van der Waals surface area contributed by atoms with E-state index in [-0.39, 0.29) is 5.58 Å². The van der Waals surface area contributed by atoms with Crippen molar-refractivity contribution in [3.8, 4) is 0 Å². The third kappa shape index (κ3) is 1.97. The first-order valence-corrected chi connectivity index (χ1v) is 7.46. The van der Waals surface area contributed by atoms with E-state index in [0.29, 0.717) is 48.1 Å². The average Bonchev–Trinajstić information content (AvgIpc) is 2.51. The number of carboxylic acid groups (broad SMARTS) is 1. The Kier molecular flexibility index (Phi) is 2.97. The van der Waals surface area contributed by atoms with E-state index in [2.05, 4.69) is 4.90 Å². The van der Waals surface area contributed by atoms with Crippen molar-refractivity contribution in [3.63, 3.8) is 0 Å². The van der Waals surface area contributed by atoms with Crippen LogP contribution in [0.1, 0.15) is 46.5 Å². The summed E-state index contributed by atoms with van der Waals surface area (Å²) >= 11 is 0. The number of aromatic carboxylic acids is 1. The minimum atomic E-state index is -1.37. The summed E-state index contributed by atoms with van der Waals surface area (Å²) in [5.41, 5.74) is 0.615. The number of aliphatic hydroxyl groups is 2. The van der Waals surface area contributed by atoms with E-state index in [1.165, 1.54) is 6.07 Å². The van der Waals surface area contributed by atoms with Crippen molar-refractivity contribution in [2.75, 3.05) is 18.0 Å². The van der Waals surface area contributed by atoms with Crippen LogP contribution in [0.25, 0.3) is 11.0 Å². The lowest BCUT2D eigenvalue weighted by Gasteiger charge is -2.40. The van der Waals surface area contributed by atoms with Crippen LogP contribution in [0, 0.1) is 0 Å². The molecule has 120 valence electrons. The average molecular weight is 317 g/mol. The molecule has 2 atom stereocenters. The predicted octanol–water partition coefficient (Wildman–Crippen LogP) is 1.17. The largest absolute Gasteiger partial charge is 0.477 e. The van der Waals surface area contributed by atoms with Crippen molar-refractivity contribution in [3.05, 3.63) is 39.2 Å². The molecule has 2 unspecified atom stereocenters. The number of fused-ring (bicyclic) bond motifs is 2. The summed E-state index contributed by atoms with van der Waals surface area (Å²) in [6.07, 6.45) is -0.439. The van der Waals surface area contributed by atoms with E-state index in [0.717, 1.165) is 0 Å². The highest BCUT2D eigenvalue weighted by Gasteiger charge is 2.35. The summed E-state index contributed by atoms with van der Waals surface area (Å²) in [5, 5.41) is 30.2. The van der Waals surface area contributed by atoms with Gasteiger partial charge in [-0.25, -0.2) is 9.59 Å². The molecule has 0 saturated heterocycles. The summed E-state index contributed by atoms with van der Waals surface area (Å²) in [6.45, 7) is 1.33. The highest BCUT2D eigenvalue weighted by atomic mass is 16.4. The molecule has 0 spiro atoms. The van der Waals surface area contributed by atoms with Crippen LogP contribution in [0.3, 0.4) is 0 Å². The molecular weight excluding hydrogens is 302 g/mol. The molecular formula is C16H15NO6. The van der Waals surface area contributed by atoms with Gasteiger partial charge in [-0.2, -0.15) is 0 Å². The summed E-state index contributed by atoms with van der Waals surface area (Å²) in [7, 11) is 0. The molecule has 0 bridgehead atoms. The Labute approximate surface area is 130 Å². The smallest absolute Gasteiger partial charge is 0.351 e. The normalized spacial score (nSPS) is 23.0. The topological polar surface area (TPSA) is 111 Å². The third-order valence-corrected chi connectivity index (χ3v) is 4.64. The maximum Gasteiger partial charge on any atom is 0.351 e. The maximum absolute atomic E-state index is 11.9. The molecule has 2 aliphatic heterocycles. The number of hydrogen-bond acceptors (Lipinski definition) is 6. The van der Waals surface area contributed by atoms with Gasteiger partial charge in [-0.1, -0.05) is 0 Å². The molecule has 0 radical (unpaired) electrons. The van der Waals surface area contributed by atoms with Gasteiger partial charge in [0.2, 0.25) is 0 Å². The third-order valence-electron chi connectivity index (χ3n) is 4.64. The quantitative estimate of drug-likeness (QED) is 0.677. The zero-order valence-corrected chi connectivity index (χ0v) is 12.2. The van der Waals surface area contributed by atoms with Gasteiger partial charge in [0.25, 0.3) is 0 Å². The van der Waals surface area contributed by atoms with E-state index in [9.17, 15) is 19.8 Å². The predicted molar refractivity (Wildman–Crippen MR) is 80.8 cm³/mol. The number of hydrogen-bond donors (Lipinski definition) is 3. The van der Waals surface area contributed by atoms with Gasteiger partial charge in [0.1, 0.15) is 11.1 Å². The molecule has 2 aromatic rings. The van der Waals surface area contributed by atoms with E-state index in [1.807, 2.05) is 0 Å². The standard InChI is InChI=1S/C16H15NO6/c18-10-1-3-17-4-2-11(19)12-13(17)8(10)5-7-6-9(15(20)21)16(22)23-14(7)12/h5-6,10-11,18-19H,1-4H2,(H,20,21). The van der Waals surface area contributed by atoms with Gasteiger partial charge in [0, 0.05) is 29.6 Å². The van der Waals surface area contributed by atoms with E-state index >= 15 is 0 Å². The molecule has 7 nitrogen and oxygen atoms in total. The van der Waals surface area contributed by atoms with Crippen molar-refractivity contribution in [1.82, 2.24) is 0 Å². The lowest BCUT2D eigenvalue weighted by Crippen LogP contribution is -2.37. The second-order valence-electron chi connectivity index (χ2n) is 6.00. The molecule has 0 aliphatic carbocycles. The zero-order valence-electron chi connectivity index (χ0n) is 12.2. The molecule has 1 aromatic carbocycles. The van der Waals surface area contributed by atoms with Gasteiger partial charge in [-0.15, -0.1) is 0 Å². The van der Waals surface area contributed by atoms with Crippen LogP contribution < -0.4 is 10.5 Å². The van der Waals surface area contributed by atoms with Crippen LogP contribution in [0.4, 0.5) is 5.69 Å². The first-order valence-electron chi connectivity index (χ1n) is 7.46. The fraction of sp³-hybridized carbons (Fsp3) is 0.375. The van der Waals surface area contributed by atoms with Gasteiger partial charge in [0.15, 0.2) is 0 Å². The fourth-order valence-corrected chi connectivity index (χ4v) is 3.56. The monoisotopic (exact) mass is 317 g/mol. The second kappa shape index (κ2) is 4.81. The SMILES string of the molecule is O=C(O)c1cc2cc3c4c(c2oc1=O)C(O)CCN4CCC3O. The summed E-state index contributed by atoms with van der Waals surface area (Å²) in [5.74, 6) is -1.37. The molecule has 1 aromatic heterocycles. The Bertz CT molecular complexity index is 884. The Morgan fingerprint density at radius 1 is 1.17 bits per heavy atom. The van der Waals surface area contributed by atoms with Crippen LogP contribution in [0.2, 0.25) is 0 Å². The molecule has 3 heterocycles. The number of rotatable bonds is 1. The van der Waals surface area contributed by atoms with Gasteiger partial charge in [0.05, 0.1) is 17.9 Å². The highest BCUT2D eigenvalue weighted by Crippen LogP contribution is 2.46. The van der Waals surface area contributed by atoms with Gasteiger partial charge >= 0.3 is 11.6 Å². The lowest BCUT2D eigenvalue weighted by molar-refractivity contribution is 0.0692. The molecule has 4 rings (SSSR count). The molecule has 3 N–H and O–H groups in total. The minimum absolute atomic E-state index is 0.199. The van der Waals surface area contributed by atoms with E-state index in [4.69, 9.17) is 9.52 Å². The molecule has 0 amide bonds. The van der Waals surface area contributed by atoms with Crippen molar-refractivity contribution in [2.45, 2.75) is 25.0 Å². The number of anilines is 1. The summed E-state index contributed by atoms with van der Waals surface area (Å²) in [6, 6.07) is 2.89. The Balaban J connectivity index is 2.12. The molecule has 0 fully saturated rings. The van der Waals surface area contributed by atoms with Gasteiger partial charge in [-0.05, 0) is 25.0 Å². The minimum Gasteiger partial charge on any atom is -0.477 e. The van der Waals surface area contributed by atoms with Crippen LogP contribution >= 0.6 is 0 Å². The van der Waals surface area contributed by atoms with E-state index in [1.54, 1.807) is 6.07 Å². The van der Waals surface area contributed by atoms with Crippen LogP contribution in [-0.4, -0.2) is 34.4 Å². The van der Waals surface area contributed by atoms with Crippen molar-refractivity contribution in [1.29, 1.82) is 0 Å². The van der Waals surface area contributed by atoms with E-state index < -0.39 is 29.4 Å². The van der Waals surface area contributed by atoms with Crippen LogP contribution in [0.15, 0.2) is 21.3 Å².